The van der Waals surface area contributed by atoms with Crippen molar-refractivity contribution in [2.75, 3.05) is 26.4 Å². The van der Waals surface area contributed by atoms with E-state index in [-0.39, 0.29) is 17.7 Å². The van der Waals surface area contributed by atoms with Gasteiger partial charge in [0, 0.05) is 32.9 Å². The van der Waals surface area contributed by atoms with Gasteiger partial charge in [0.05, 0.1) is 11.6 Å². The summed E-state index contributed by atoms with van der Waals surface area (Å²) in [5.74, 6) is -0.401. The smallest absolute Gasteiger partial charge is 0.270 e. The summed E-state index contributed by atoms with van der Waals surface area (Å²) < 4.78 is 1.96. The van der Waals surface area contributed by atoms with E-state index < -0.39 is 0 Å². The Labute approximate surface area is 118 Å². The molecule has 0 saturated heterocycles. The maximum absolute atomic E-state index is 12.5. The average Bonchev–Trinajstić information content (AvgIpc) is 3.19. The molecule has 0 aromatic carbocycles. The lowest BCUT2D eigenvalue weighted by molar-refractivity contribution is -0.124. The second-order valence-corrected chi connectivity index (χ2v) is 5.50. The fraction of sp³-hybridized carbons (Fsp3) is 0.571. The lowest BCUT2D eigenvalue weighted by Crippen LogP contribution is -2.38. The minimum absolute atomic E-state index is 0.0678. The summed E-state index contributed by atoms with van der Waals surface area (Å²) in [4.78, 5) is 25.6. The Kier molecular flexibility index (Phi) is 4.01. The van der Waals surface area contributed by atoms with E-state index in [0.717, 1.165) is 12.8 Å². The number of nitrogens with one attached hydrogen (secondary N) is 1. The van der Waals surface area contributed by atoms with Gasteiger partial charge in [-0.2, -0.15) is 0 Å². The van der Waals surface area contributed by atoms with Crippen molar-refractivity contribution in [1.82, 2.24) is 14.8 Å². The second-order valence-electron chi connectivity index (χ2n) is 5.50. The molecule has 0 bridgehead atoms. The molecule has 1 unspecified atom stereocenters. The number of amides is 2. The van der Waals surface area contributed by atoms with Crippen LogP contribution in [-0.2, 0) is 4.79 Å². The van der Waals surface area contributed by atoms with Crippen LogP contribution in [0.1, 0.15) is 36.3 Å². The van der Waals surface area contributed by atoms with E-state index in [2.05, 4.69) is 5.32 Å². The van der Waals surface area contributed by atoms with Gasteiger partial charge in [-0.15, -0.1) is 0 Å². The molecular weight excluding hydrogens is 256 g/mol. The molecule has 2 rings (SSSR count). The van der Waals surface area contributed by atoms with Gasteiger partial charge in [-0.25, -0.2) is 0 Å². The Morgan fingerprint density at radius 3 is 2.75 bits per heavy atom. The zero-order valence-electron chi connectivity index (χ0n) is 12.2. The van der Waals surface area contributed by atoms with Crippen molar-refractivity contribution >= 4 is 17.5 Å². The third-order valence-electron chi connectivity index (χ3n) is 3.62. The van der Waals surface area contributed by atoms with Gasteiger partial charge in [-0.3, -0.25) is 9.59 Å². The molecule has 1 aliphatic carbocycles. The van der Waals surface area contributed by atoms with Gasteiger partial charge in [0.15, 0.2) is 0 Å². The minimum Gasteiger partial charge on any atom is -0.397 e. The SMILES string of the molecule is CNC(=O)C(C)CN(C)C(=O)c1cc(N)cn1C1CC1. The highest BCUT2D eigenvalue weighted by Crippen LogP contribution is 2.37. The van der Waals surface area contributed by atoms with Gasteiger partial charge in [0.1, 0.15) is 5.69 Å². The third-order valence-corrected chi connectivity index (χ3v) is 3.62. The summed E-state index contributed by atoms with van der Waals surface area (Å²) in [6, 6.07) is 2.11. The van der Waals surface area contributed by atoms with E-state index in [0.29, 0.717) is 24.0 Å². The molecule has 1 heterocycles. The van der Waals surface area contributed by atoms with E-state index in [1.54, 1.807) is 32.0 Å². The Balaban J connectivity index is 2.08. The first-order chi connectivity index (χ1) is 9.43. The Hall–Kier alpha value is -1.98. The maximum Gasteiger partial charge on any atom is 0.270 e. The van der Waals surface area contributed by atoms with Crippen LogP contribution in [0.2, 0.25) is 0 Å². The van der Waals surface area contributed by atoms with Crippen molar-refractivity contribution < 1.29 is 9.59 Å². The lowest BCUT2D eigenvalue weighted by atomic mass is 10.1. The van der Waals surface area contributed by atoms with Crippen LogP contribution in [0.4, 0.5) is 5.69 Å². The highest BCUT2D eigenvalue weighted by atomic mass is 16.2. The summed E-state index contributed by atoms with van der Waals surface area (Å²) in [6.45, 7) is 2.19. The molecule has 6 heteroatoms. The number of hydrogen-bond acceptors (Lipinski definition) is 3. The fourth-order valence-corrected chi connectivity index (χ4v) is 2.35. The third kappa shape index (κ3) is 2.95. The van der Waals surface area contributed by atoms with Crippen LogP contribution in [0, 0.1) is 5.92 Å². The minimum atomic E-state index is -0.240. The number of rotatable bonds is 5. The molecule has 2 amide bonds. The van der Waals surface area contributed by atoms with Crippen molar-refractivity contribution in [2.45, 2.75) is 25.8 Å². The van der Waals surface area contributed by atoms with Gasteiger partial charge in [0.2, 0.25) is 5.91 Å². The number of nitrogen functional groups attached to an aromatic ring is 1. The van der Waals surface area contributed by atoms with Gasteiger partial charge in [-0.05, 0) is 18.9 Å². The Morgan fingerprint density at radius 2 is 2.20 bits per heavy atom. The molecule has 3 N–H and O–H groups in total. The van der Waals surface area contributed by atoms with Crippen molar-refractivity contribution in [1.29, 1.82) is 0 Å². The molecule has 1 saturated carbocycles. The molecule has 0 aliphatic heterocycles. The van der Waals surface area contributed by atoms with E-state index in [1.807, 2.05) is 10.8 Å². The van der Waals surface area contributed by atoms with Crippen LogP contribution in [0.25, 0.3) is 0 Å². The van der Waals surface area contributed by atoms with Gasteiger partial charge in [0.25, 0.3) is 5.91 Å². The van der Waals surface area contributed by atoms with Crippen LogP contribution >= 0.6 is 0 Å². The van der Waals surface area contributed by atoms with Crippen molar-refractivity contribution in [3.63, 3.8) is 0 Å². The molecule has 0 spiro atoms. The summed E-state index contributed by atoms with van der Waals surface area (Å²) in [5.41, 5.74) is 7.01. The summed E-state index contributed by atoms with van der Waals surface area (Å²) in [6.07, 6.45) is 4.00. The van der Waals surface area contributed by atoms with Crippen LogP contribution < -0.4 is 11.1 Å². The number of nitrogens with two attached hydrogens (primary N) is 1. The number of aromatic nitrogens is 1. The maximum atomic E-state index is 12.5. The van der Waals surface area contributed by atoms with Crippen LogP contribution in [0.15, 0.2) is 12.3 Å². The van der Waals surface area contributed by atoms with Crippen LogP contribution in [0.5, 0.6) is 0 Å². The Bertz CT molecular complexity index is 519. The molecule has 0 radical (unpaired) electrons. The highest BCUT2D eigenvalue weighted by molar-refractivity contribution is 5.94. The summed E-state index contributed by atoms with van der Waals surface area (Å²) >= 11 is 0. The van der Waals surface area contributed by atoms with E-state index in [9.17, 15) is 9.59 Å². The summed E-state index contributed by atoms with van der Waals surface area (Å²) in [7, 11) is 3.31. The lowest BCUT2D eigenvalue weighted by Gasteiger charge is -2.21. The first-order valence-electron chi connectivity index (χ1n) is 6.88. The van der Waals surface area contributed by atoms with E-state index >= 15 is 0 Å². The predicted molar refractivity (Wildman–Crippen MR) is 77.3 cm³/mol. The second kappa shape index (κ2) is 5.56. The first kappa shape index (κ1) is 14.4. The van der Waals surface area contributed by atoms with Crippen molar-refractivity contribution in [2.24, 2.45) is 5.92 Å². The molecule has 20 heavy (non-hydrogen) atoms. The molecule has 1 fully saturated rings. The van der Waals surface area contributed by atoms with E-state index in [4.69, 9.17) is 5.73 Å². The first-order valence-corrected chi connectivity index (χ1v) is 6.88. The quantitative estimate of drug-likeness (QED) is 0.838. The standard InChI is InChI=1S/C14H22N4O2/c1-9(13(19)16-2)7-17(3)14(20)12-6-10(15)8-18(12)11-4-5-11/h6,8-9,11H,4-5,7,15H2,1-3H3,(H,16,19). The predicted octanol–water partition coefficient (Wildman–Crippen LogP) is 0.859. The van der Waals surface area contributed by atoms with Crippen molar-refractivity contribution in [3.05, 3.63) is 18.0 Å². The topological polar surface area (TPSA) is 80.4 Å². The monoisotopic (exact) mass is 278 g/mol. The molecule has 1 aromatic rings. The number of anilines is 1. The molecule has 1 aliphatic rings. The zero-order chi connectivity index (χ0) is 14.9. The van der Waals surface area contributed by atoms with Gasteiger partial charge >= 0.3 is 0 Å². The molecule has 1 atom stereocenters. The Morgan fingerprint density at radius 1 is 1.55 bits per heavy atom. The summed E-state index contributed by atoms with van der Waals surface area (Å²) in [5, 5.41) is 2.59. The fourth-order valence-electron chi connectivity index (χ4n) is 2.35. The van der Waals surface area contributed by atoms with Crippen LogP contribution in [0.3, 0.4) is 0 Å². The number of nitrogens with zero attached hydrogens (tertiary/aromatic N) is 2. The van der Waals surface area contributed by atoms with E-state index in [1.165, 1.54) is 0 Å². The molecule has 110 valence electrons. The molecule has 1 aromatic heterocycles. The van der Waals surface area contributed by atoms with Crippen LogP contribution in [-0.4, -0.2) is 41.9 Å². The largest absolute Gasteiger partial charge is 0.397 e. The highest BCUT2D eigenvalue weighted by Gasteiger charge is 2.29. The normalized spacial score (nSPS) is 15.8. The average molecular weight is 278 g/mol. The number of hydrogen-bond donors (Lipinski definition) is 2. The van der Waals surface area contributed by atoms with Gasteiger partial charge < -0.3 is 20.5 Å². The molecule has 6 nitrogen and oxygen atoms in total. The van der Waals surface area contributed by atoms with Gasteiger partial charge in [-0.1, -0.05) is 6.92 Å². The number of carbonyl (C=O) groups is 2. The zero-order valence-corrected chi connectivity index (χ0v) is 12.2. The van der Waals surface area contributed by atoms with Crippen molar-refractivity contribution in [3.8, 4) is 0 Å². The molecular formula is C14H22N4O2. The number of carbonyl (C=O) groups excluding carboxylic acids is 2.